The molecule has 6 rings (SSSR count). The number of hydrogen-bond donors (Lipinski definition) is 1. The van der Waals surface area contributed by atoms with Gasteiger partial charge < -0.3 is 18.6 Å². The van der Waals surface area contributed by atoms with Gasteiger partial charge in [0.15, 0.2) is 0 Å². The maximum absolute atomic E-state index is 12.6. The third-order valence-corrected chi connectivity index (χ3v) is 10.7. The summed E-state index contributed by atoms with van der Waals surface area (Å²) < 4.78 is 101. The molecule has 22 heteroatoms. The average Bonchev–Trinajstić information content (AvgIpc) is 3.13. The van der Waals surface area contributed by atoms with Crippen LogP contribution in [0, 0.1) is 17.0 Å². The molecule has 0 atom stereocenters. The molecule has 6 aromatic carbocycles. The van der Waals surface area contributed by atoms with Crippen LogP contribution in [0.25, 0.3) is 10.8 Å². The van der Waals surface area contributed by atoms with Gasteiger partial charge in [-0.2, -0.15) is 18.6 Å². The molecule has 1 N–H and O–H groups in total. The van der Waals surface area contributed by atoms with E-state index in [1.54, 1.807) is 12.1 Å². The standard InChI is InChI=1S/C35H26N6O11S3.2Na/c1-22-2-13-28(14-3-22)55(50,51)52-27-11-8-25(9-12-27)38-40-33-19-18-32(30-16-15-29(21-31(30)33)53(44,45)46)39-37-24-6-4-23(5-7-24)36-34-17-10-26(41(42)43)20-35(34)54(47,48)49;;/h2-21,36H,1H3,(H,44,45,46)(H,47,48,49);;/q;2*+1/p-2. The van der Waals surface area contributed by atoms with Crippen molar-refractivity contribution in [3.05, 3.63) is 137 Å². The number of nitrogens with one attached hydrogen (secondary N) is 1. The molecule has 0 spiro atoms. The van der Waals surface area contributed by atoms with Crippen molar-refractivity contribution in [2.24, 2.45) is 20.5 Å². The number of rotatable bonds is 12. The Hall–Kier alpha value is -4.45. The summed E-state index contributed by atoms with van der Waals surface area (Å²) in [4.78, 5) is 8.90. The van der Waals surface area contributed by atoms with Crippen LogP contribution in [0.5, 0.6) is 5.75 Å². The molecule has 0 saturated heterocycles. The predicted octanol–water partition coefficient (Wildman–Crippen LogP) is 2.21. The molecule has 0 fully saturated rings. The van der Waals surface area contributed by atoms with E-state index in [9.17, 15) is 44.5 Å². The molecule has 0 bridgehead atoms. The summed E-state index contributed by atoms with van der Waals surface area (Å²) in [5.74, 6) is 0.0317. The second-order valence-corrected chi connectivity index (χ2v) is 15.8. The van der Waals surface area contributed by atoms with Gasteiger partial charge in [0.25, 0.3) is 5.69 Å². The van der Waals surface area contributed by atoms with Crippen molar-refractivity contribution in [1.82, 2.24) is 0 Å². The van der Waals surface area contributed by atoms with Gasteiger partial charge in [-0.25, -0.2) is 16.8 Å². The van der Waals surface area contributed by atoms with Crippen LogP contribution in [-0.4, -0.2) is 39.3 Å². The van der Waals surface area contributed by atoms with Gasteiger partial charge in [0.05, 0.1) is 43.2 Å². The van der Waals surface area contributed by atoms with Crippen LogP contribution in [0.4, 0.5) is 39.8 Å². The Kier molecular flexibility index (Phi) is 14.6. The van der Waals surface area contributed by atoms with E-state index >= 15 is 0 Å². The summed E-state index contributed by atoms with van der Waals surface area (Å²) >= 11 is 0. The van der Waals surface area contributed by atoms with E-state index in [-0.39, 0.29) is 92.2 Å². The third kappa shape index (κ3) is 11.4. The predicted molar refractivity (Wildman–Crippen MR) is 196 cm³/mol. The average molecular weight is 847 g/mol. The number of benzene rings is 6. The molecular weight excluding hydrogens is 823 g/mol. The molecule has 0 aliphatic rings. The number of azo groups is 2. The van der Waals surface area contributed by atoms with Crippen molar-refractivity contribution in [1.29, 1.82) is 0 Å². The first-order valence-electron chi connectivity index (χ1n) is 15.6. The van der Waals surface area contributed by atoms with Crippen LogP contribution >= 0.6 is 0 Å². The van der Waals surface area contributed by atoms with Crippen molar-refractivity contribution >= 4 is 80.9 Å². The van der Waals surface area contributed by atoms with Crippen LogP contribution in [0.3, 0.4) is 0 Å². The number of non-ortho nitro benzene ring substituents is 1. The molecule has 0 saturated carbocycles. The van der Waals surface area contributed by atoms with E-state index in [2.05, 4.69) is 25.8 Å². The zero-order valence-electron chi connectivity index (χ0n) is 30.0. The van der Waals surface area contributed by atoms with E-state index in [1.165, 1.54) is 78.9 Å². The first-order valence-corrected chi connectivity index (χ1v) is 19.8. The Morgan fingerprint density at radius 2 is 1.14 bits per heavy atom. The topological polar surface area (TPSA) is 262 Å². The Morgan fingerprint density at radius 1 is 0.596 bits per heavy atom. The fourth-order valence-electron chi connectivity index (χ4n) is 5.00. The number of fused-ring (bicyclic) bond motifs is 1. The molecule has 0 amide bonds. The van der Waals surface area contributed by atoms with Crippen molar-refractivity contribution in [3.8, 4) is 5.75 Å². The minimum atomic E-state index is -5.06. The molecule has 0 unspecified atom stereocenters. The Morgan fingerprint density at radius 3 is 1.68 bits per heavy atom. The van der Waals surface area contributed by atoms with Crippen LogP contribution in [-0.2, 0) is 30.4 Å². The van der Waals surface area contributed by atoms with E-state index in [0.717, 1.165) is 29.8 Å². The van der Waals surface area contributed by atoms with Gasteiger partial charge in [-0.1, -0.05) is 23.8 Å². The van der Waals surface area contributed by atoms with Gasteiger partial charge in [-0.05, 0) is 97.9 Å². The fourth-order valence-corrected chi connectivity index (χ4v) is 7.08. The zero-order valence-corrected chi connectivity index (χ0v) is 36.4. The van der Waals surface area contributed by atoms with Gasteiger partial charge in [0, 0.05) is 28.6 Å². The first-order chi connectivity index (χ1) is 26.0. The second-order valence-electron chi connectivity index (χ2n) is 11.6. The van der Waals surface area contributed by atoms with Crippen molar-refractivity contribution in [3.63, 3.8) is 0 Å². The van der Waals surface area contributed by atoms with E-state index in [4.69, 9.17) is 4.18 Å². The minimum absolute atomic E-state index is 0. The van der Waals surface area contributed by atoms with Gasteiger partial charge in [-0.15, -0.1) is 10.2 Å². The second kappa shape index (κ2) is 18.4. The van der Waals surface area contributed by atoms with Gasteiger partial charge in [-0.3, -0.25) is 10.1 Å². The molecule has 0 aliphatic heterocycles. The molecule has 280 valence electrons. The summed E-state index contributed by atoms with van der Waals surface area (Å²) in [6, 6.07) is 27.3. The number of anilines is 2. The van der Waals surface area contributed by atoms with E-state index in [1.807, 2.05) is 6.92 Å². The molecular formula is C35H24N6Na2O11S3. The summed E-state index contributed by atoms with van der Waals surface area (Å²) in [7, 11) is -14.0. The zero-order chi connectivity index (χ0) is 39.5. The van der Waals surface area contributed by atoms with E-state index in [0.29, 0.717) is 28.5 Å². The van der Waals surface area contributed by atoms with Gasteiger partial charge in [0.1, 0.15) is 30.9 Å². The van der Waals surface area contributed by atoms with Gasteiger partial charge >= 0.3 is 69.2 Å². The molecule has 0 heterocycles. The Bertz CT molecular complexity index is 2860. The van der Waals surface area contributed by atoms with Crippen LogP contribution in [0.2, 0.25) is 0 Å². The molecule has 17 nitrogen and oxygen atoms in total. The summed E-state index contributed by atoms with van der Waals surface area (Å²) in [5.41, 5.74) is 1.50. The Labute approximate surface area is 370 Å². The smallest absolute Gasteiger partial charge is 0.744 e. The summed E-state index contributed by atoms with van der Waals surface area (Å²) in [6.45, 7) is 1.82. The molecule has 0 aromatic heterocycles. The number of nitro groups is 1. The monoisotopic (exact) mass is 846 g/mol. The number of hydrogen-bond acceptors (Lipinski definition) is 16. The number of nitrogens with zero attached hydrogens (tertiary/aromatic N) is 5. The molecule has 0 radical (unpaired) electrons. The van der Waals surface area contributed by atoms with Crippen LogP contribution < -0.4 is 68.6 Å². The maximum atomic E-state index is 12.6. The number of aryl methyl sites for hydroxylation is 1. The van der Waals surface area contributed by atoms with Crippen molar-refractivity contribution in [2.75, 3.05) is 5.32 Å². The van der Waals surface area contributed by atoms with Crippen molar-refractivity contribution in [2.45, 2.75) is 21.6 Å². The number of nitro benzene ring substituents is 1. The molecule has 0 aliphatic carbocycles. The first kappa shape index (κ1) is 45.3. The summed E-state index contributed by atoms with van der Waals surface area (Å²) in [5, 5.41) is 31.2. The summed E-state index contributed by atoms with van der Waals surface area (Å²) in [6.07, 6.45) is 0. The maximum Gasteiger partial charge on any atom is 1.00 e. The van der Waals surface area contributed by atoms with Gasteiger partial charge in [0.2, 0.25) is 0 Å². The van der Waals surface area contributed by atoms with Crippen molar-refractivity contribution < 1.29 is 103 Å². The largest absolute Gasteiger partial charge is 1.00 e. The molecule has 57 heavy (non-hydrogen) atoms. The minimum Gasteiger partial charge on any atom is -0.744 e. The Balaban J connectivity index is 0.00000360. The SMILES string of the molecule is Cc1ccc(S(=O)(=O)Oc2ccc(N=Nc3ccc(N=Nc4ccc(Nc5ccc([N+](=O)[O-])cc5S(=O)(=O)[O-])cc4)c4ccc(S(=O)(=O)[O-])cc34)cc2)cc1.[Na+].[Na+]. The van der Waals surface area contributed by atoms with Crippen LogP contribution in [0.1, 0.15) is 5.56 Å². The van der Waals surface area contributed by atoms with E-state index < -0.39 is 50.8 Å². The normalized spacial score (nSPS) is 11.9. The quantitative estimate of drug-likeness (QED) is 0.0464. The van der Waals surface area contributed by atoms with Crippen LogP contribution in [0.15, 0.2) is 156 Å². The fraction of sp³-hybridized carbons (Fsp3) is 0.0286. The third-order valence-electron chi connectivity index (χ3n) is 7.72. The molecule has 6 aromatic rings.